The predicted molar refractivity (Wildman–Crippen MR) is 80.1 cm³/mol. The van der Waals surface area contributed by atoms with E-state index in [0.717, 1.165) is 5.75 Å². The molecule has 2 heterocycles. The van der Waals surface area contributed by atoms with Gasteiger partial charge in [0.15, 0.2) is 0 Å². The number of nitrogens with zero attached hydrogens (tertiary/aromatic N) is 3. The normalized spacial score (nSPS) is 18.6. The van der Waals surface area contributed by atoms with E-state index < -0.39 is 6.04 Å². The number of aromatic nitrogens is 2. The topological polar surface area (TPSA) is 90.5 Å². The summed E-state index contributed by atoms with van der Waals surface area (Å²) < 4.78 is 6.82. The van der Waals surface area contributed by atoms with Crippen molar-refractivity contribution < 1.29 is 14.3 Å². The standard InChI is InChI=1S/C13H20N4O3S/c1-2-20-13(19)11-8-21-6-5-17(11)12(18)10-7-16(4-3-14)9-15-10/h7,9,11H,2-6,8,14H2,1H3. The Morgan fingerprint density at radius 3 is 3.10 bits per heavy atom. The summed E-state index contributed by atoms with van der Waals surface area (Å²) in [5.41, 5.74) is 5.81. The monoisotopic (exact) mass is 312 g/mol. The Labute approximate surface area is 127 Å². The molecule has 2 N–H and O–H groups in total. The maximum Gasteiger partial charge on any atom is 0.329 e. The number of esters is 1. The molecule has 0 spiro atoms. The summed E-state index contributed by atoms with van der Waals surface area (Å²) in [6.07, 6.45) is 3.25. The fraction of sp³-hybridized carbons (Fsp3) is 0.615. The fourth-order valence-electron chi connectivity index (χ4n) is 2.17. The molecule has 1 saturated heterocycles. The molecular formula is C13H20N4O3S. The fourth-order valence-corrected chi connectivity index (χ4v) is 3.20. The number of carbonyl (C=O) groups excluding carboxylic acids is 2. The second-order valence-electron chi connectivity index (χ2n) is 4.63. The van der Waals surface area contributed by atoms with Gasteiger partial charge >= 0.3 is 5.97 Å². The van der Waals surface area contributed by atoms with Crippen LogP contribution in [0.5, 0.6) is 0 Å². The van der Waals surface area contributed by atoms with Crippen LogP contribution in [0.15, 0.2) is 12.5 Å². The first-order chi connectivity index (χ1) is 10.2. The second kappa shape index (κ2) is 7.46. The van der Waals surface area contributed by atoms with Crippen LogP contribution in [0.1, 0.15) is 17.4 Å². The molecule has 7 nitrogen and oxygen atoms in total. The van der Waals surface area contributed by atoms with Crippen LogP contribution in [0.4, 0.5) is 0 Å². The minimum absolute atomic E-state index is 0.232. The summed E-state index contributed by atoms with van der Waals surface area (Å²) in [6.45, 7) is 3.69. The van der Waals surface area contributed by atoms with Crippen molar-refractivity contribution in [2.24, 2.45) is 5.73 Å². The van der Waals surface area contributed by atoms with Gasteiger partial charge in [0.2, 0.25) is 0 Å². The van der Waals surface area contributed by atoms with Gasteiger partial charge in [-0.15, -0.1) is 0 Å². The van der Waals surface area contributed by atoms with E-state index in [1.807, 2.05) is 0 Å². The molecule has 0 radical (unpaired) electrons. The highest BCUT2D eigenvalue weighted by molar-refractivity contribution is 7.99. The number of hydrogen-bond acceptors (Lipinski definition) is 6. The van der Waals surface area contributed by atoms with Gasteiger partial charge in [0.05, 0.1) is 12.9 Å². The zero-order chi connectivity index (χ0) is 15.2. The van der Waals surface area contributed by atoms with Crippen molar-refractivity contribution in [2.45, 2.75) is 19.5 Å². The Morgan fingerprint density at radius 2 is 2.38 bits per heavy atom. The molecule has 8 heteroatoms. The van der Waals surface area contributed by atoms with E-state index in [1.165, 1.54) is 0 Å². The molecule has 1 fully saturated rings. The lowest BCUT2D eigenvalue weighted by Crippen LogP contribution is -2.51. The average Bonchev–Trinajstić information content (AvgIpc) is 2.96. The van der Waals surface area contributed by atoms with Crippen LogP contribution >= 0.6 is 11.8 Å². The lowest BCUT2D eigenvalue weighted by molar-refractivity contribution is -0.147. The highest BCUT2D eigenvalue weighted by Gasteiger charge is 2.34. The summed E-state index contributed by atoms with van der Waals surface area (Å²) in [5, 5.41) is 0. The molecule has 1 unspecified atom stereocenters. The molecule has 0 aliphatic carbocycles. The largest absolute Gasteiger partial charge is 0.464 e. The molecule has 1 aromatic heterocycles. The number of carbonyl (C=O) groups is 2. The van der Waals surface area contributed by atoms with Crippen LogP contribution in [0.3, 0.4) is 0 Å². The van der Waals surface area contributed by atoms with E-state index >= 15 is 0 Å². The zero-order valence-electron chi connectivity index (χ0n) is 12.0. The van der Waals surface area contributed by atoms with Crippen LogP contribution in [0, 0.1) is 0 Å². The van der Waals surface area contributed by atoms with Crippen LogP contribution in [-0.2, 0) is 16.1 Å². The molecule has 21 heavy (non-hydrogen) atoms. The van der Waals surface area contributed by atoms with Gasteiger partial charge in [-0.2, -0.15) is 11.8 Å². The Bertz CT molecular complexity index is 505. The molecule has 1 aliphatic heterocycles. The maximum absolute atomic E-state index is 12.5. The van der Waals surface area contributed by atoms with Gasteiger partial charge in [0, 0.05) is 37.3 Å². The van der Waals surface area contributed by atoms with Gasteiger partial charge in [-0.25, -0.2) is 9.78 Å². The molecule has 0 saturated carbocycles. The summed E-state index contributed by atoms with van der Waals surface area (Å²) in [5.74, 6) is 0.794. The number of rotatable bonds is 5. The van der Waals surface area contributed by atoms with E-state index in [1.54, 1.807) is 40.7 Å². The quantitative estimate of drug-likeness (QED) is 0.767. The van der Waals surface area contributed by atoms with E-state index in [0.29, 0.717) is 37.7 Å². The Hall–Kier alpha value is -1.54. The van der Waals surface area contributed by atoms with E-state index in [-0.39, 0.29) is 11.9 Å². The van der Waals surface area contributed by atoms with Crippen molar-refractivity contribution in [1.29, 1.82) is 0 Å². The highest BCUT2D eigenvalue weighted by atomic mass is 32.2. The molecule has 1 amide bonds. The van der Waals surface area contributed by atoms with Crippen molar-refractivity contribution in [3.05, 3.63) is 18.2 Å². The summed E-state index contributed by atoms with van der Waals surface area (Å²) >= 11 is 1.65. The Balaban J connectivity index is 2.12. The summed E-state index contributed by atoms with van der Waals surface area (Å²) in [7, 11) is 0. The van der Waals surface area contributed by atoms with Crippen molar-refractivity contribution in [3.63, 3.8) is 0 Å². The van der Waals surface area contributed by atoms with Gasteiger partial charge in [-0.1, -0.05) is 0 Å². The lowest BCUT2D eigenvalue weighted by atomic mass is 10.2. The van der Waals surface area contributed by atoms with Gasteiger partial charge < -0.3 is 19.9 Å². The average molecular weight is 312 g/mol. The zero-order valence-corrected chi connectivity index (χ0v) is 12.8. The molecular weight excluding hydrogens is 292 g/mol. The lowest BCUT2D eigenvalue weighted by Gasteiger charge is -2.33. The van der Waals surface area contributed by atoms with Gasteiger partial charge in [-0.3, -0.25) is 4.79 Å². The number of ether oxygens (including phenoxy) is 1. The van der Waals surface area contributed by atoms with E-state index in [4.69, 9.17) is 10.5 Å². The number of imidazole rings is 1. The van der Waals surface area contributed by atoms with Gasteiger partial charge in [0.25, 0.3) is 5.91 Å². The summed E-state index contributed by atoms with van der Waals surface area (Å²) in [6, 6.07) is -0.532. The molecule has 116 valence electrons. The van der Waals surface area contributed by atoms with Crippen LogP contribution < -0.4 is 5.73 Å². The smallest absolute Gasteiger partial charge is 0.329 e. The molecule has 1 aromatic rings. The first-order valence-corrected chi connectivity index (χ1v) is 8.10. The van der Waals surface area contributed by atoms with Crippen LogP contribution in [-0.4, -0.2) is 63.6 Å². The summed E-state index contributed by atoms with van der Waals surface area (Å²) in [4.78, 5) is 30.2. The second-order valence-corrected chi connectivity index (χ2v) is 5.78. The van der Waals surface area contributed by atoms with Gasteiger partial charge in [-0.05, 0) is 6.92 Å². The number of hydrogen-bond donors (Lipinski definition) is 1. The highest BCUT2D eigenvalue weighted by Crippen LogP contribution is 2.19. The first kappa shape index (κ1) is 15.8. The first-order valence-electron chi connectivity index (χ1n) is 6.94. The van der Waals surface area contributed by atoms with Gasteiger partial charge in [0.1, 0.15) is 11.7 Å². The third-order valence-electron chi connectivity index (χ3n) is 3.19. The maximum atomic E-state index is 12.5. The Morgan fingerprint density at radius 1 is 1.57 bits per heavy atom. The third-order valence-corrected chi connectivity index (χ3v) is 4.21. The third kappa shape index (κ3) is 3.76. The van der Waals surface area contributed by atoms with Crippen molar-refractivity contribution in [3.8, 4) is 0 Å². The van der Waals surface area contributed by atoms with Crippen molar-refractivity contribution >= 4 is 23.6 Å². The Kier molecular flexibility index (Phi) is 5.63. The number of amides is 1. The molecule has 2 rings (SSSR count). The van der Waals surface area contributed by atoms with E-state index in [2.05, 4.69) is 4.98 Å². The minimum Gasteiger partial charge on any atom is -0.464 e. The van der Waals surface area contributed by atoms with Crippen LogP contribution in [0.25, 0.3) is 0 Å². The molecule has 0 aromatic carbocycles. The number of nitrogens with two attached hydrogens (primary N) is 1. The molecule has 0 bridgehead atoms. The van der Waals surface area contributed by atoms with E-state index in [9.17, 15) is 9.59 Å². The van der Waals surface area contributed by atoms with Crippen molar-refractivity contribution in [1.82, 2.24) is 14.5 Å². The van der Waals surface area contributed by atoms with Crippen molar-refractivity contribution in [2.75, 3.05) is 31.2 Å². The minimum atomic E-state index is -0.532. The SMILES string of the molecule is CCOC(=O)C1CSCCN1C(=O)c1cn(CCN)cn1. The predicted octanol–water partition coefficient (Wildman–Crippen LogP) is -0.0375. The number of thioether (sulfide) groups is 1. The molecule has 1 aliphatic rings. The van der Waals surface area contributed by atoms with Crippen LogP contribution in [0.2, 0.25) is 0 Å². The molecule has 1 atom stereocenters.